The fraction of sp³-hybridized carbons (Fsp3) is 0.727. The lowest BCUT2D eigenvalue weighted by Gasteiger charge is -2.22. The molecule has 1 aromatic rings. The Balaban J connectivity index is 1.59. The van der Waals surface area contributed by atoms with E-state index in [1.807, 2.05) is 0 Å². The number of piperidine rings is 1. The van der Waals surface area contributed by atoms with Gasteiger partial charge < -0.3 is 10.6 Å². The summed E-state index contributed by atoms with van der Waals surface area (Å²) in [6.45, 7) is 1.65. The highest BCUT2D eigenvalue weighted by molar-refractivity contribution is 5.81. The Morgan fingerprint density at radius 1 is 1.53 bits per heavy atom. The van der Waals surface area contributed by atoms with E-state index in [1.165, 1.54) is 12.7 Å². The van der Waals surface area contributed by atoms with Gasteiger partial charge in [-0.3, -0.25) is 9.89 Å². The van der Waals surface area contributed by atoms with E-state index in [9.17, 15) is 4.79 Å². The van der Waals surface area contributed by atoms with Crippen molar-refractivity contribution in [2.24, 2.45) is 0 Å². The van der Waals surface area contributed by atoms with Gasteiger partial charge >= 0.3 is 0 Å². The van der Waals surface area contributed by atoms with Gasteiger partial charge in [0.2, 0.25) is 5.91 Å². The van der Waals surface area contributed by atoms with Gasteiger partial charge in [-0.25, -0.2) is 4.98 Å². The number of hydrogen-bond donors (Lipinski definition) is 3. The maximum atomic E-state index is 11.8. The van der Waals surface area contributed by atoms with E-state index in [0.717, 1.165) is 38.1 Å². The molecule has 1 fully saturated rings. The minimum atomic E-state index is 0.00836. The first kappa shape index (κ1) is 12.0. The van der Waals surface area contributed by atoms with Crippen molar-refractivity contribution in [1.82, 2.24) is 25.8 Å². The van der Waals surface area contributed by atoms with E-state index in [1.54, 1.807) is 0 Å². The number of rotatable bonds is 5. The molecule has 3 N–H and O–H groups in total. The molecule has 94 valence electrons. The minimum Gasteiger partial charge on any atom is -0.355 e. The second kappa shape index (κ2) is 6.34. The van der Waals surface area contributed by atoms with Gasteiger partial charge in [-0.15, -0.1) is 0 Å². The maximum Gasteiger partial charge on any atom is 0.237 e. The van der Waals surface area contributed by atoms with Gasteiger partial charge in [0.05, 0.1) is 6.04 Å². The molecule has 0 aromatic carbocycles. The molecule has 1 saturated heterocycles. The zero-order valence-electron chi connectivity index (χ0n) is 9.91. The van der Waals surface area contributed by atoms with E-state index in [2.05, 4.69) is 25.8 Å². The van der Waals surface area contributed by atoms with Crippen LogP contribution in [0, 0.1) is 0 Å². The Morgan fingerprint density at radius 3 is 3.18 bits per heavy atom. The van der Waals surface area contributed by atoms with Crippen LogP contribution >= 0.6 is 0 Å². The molecule has 2 rings (SSSR count). The Morgan fingerprint density at radius 2 is 2.47 bits per heavy atom. The molecule has 1 atom stereocenters. The molecule has 17 heavy (non-hydrogen) atoms. The molecule has 1 amide bonds. The van der Waals surface area contributed by atoms with Crippen LogP contribution in [0.25, 0.3) is 0 Å². The summed E-state index contributed by atoms with van der Waals surface area (Å²) in [7, 11) is 0. The second-order valence-corrected chi connectivity index (χ2v) is 4.33. The predicted molar refractivity (Wildman–Crippen MR) is 63.4 cm³/mol. The molecule has 2 heterocycles. The molecule has 6 nitrogen and oxygen atoms in total. The van der Waals surface area contributed by atoms with Crippen molar-refractivity contribution in [3.05, 3.63) is 12.2 Å². The van der Waals surface area contributed by atoms with Crippen LogP contribution in [0.1, 0.15) is 31.5 Å². The van der Waals surface area contributed by atoms with Gasteiger partial charge in [-0.05, 0) is 25.8 Å². The molecule has 0 bridgehead atoms. The van der Waals surface area contributed by atoms with Crippen molar-refractivity contribution in [3.63, 3.8) is 0 Å². The van der Waals surface area contributed by atoms with Crippen LogP contribution in [0.2, 0.25) is 0 Å². The van der Waals surface area contributed by atoms with Gasteiger partial charge in [0, 0.05) is 13.0 Å². The monoisotopic (exact) mass is 237 g/mol. The fourth-order valence-electron chi connectivity index (χ4n) is 2.02. The summed E-state index contributed by atoms with van der Waals surface area (Å²) >= 11 is 0. The number of nitrogens with zero attached hydrogens (tertiary/aromatic N) is 2. The van der Waals surface area contributed by atoms with Crippen LogP contribution in [0.4, 0.5) is 0 Å². The van der Waals surface area contributed by atoms with Crippen molar-refractivity contribution in [2.75, 3.05) is 13.1 Å². The summed E-state index contributed by atoms with van der Waals surface area (Å²) in [5.74, 6) is 0.998. The lowest BCUT2D eigenvalue weighted by Crippen LogP contribution is -2.46. The molecule has 0 aliphatic carbocycles. The molecule has 1 aromatic heterocycles. The second-order valence-electron chi connectivity index (χ2n) is 4.33. The number of aromatic amines is 1. The summed E-state index contributed by atoms with van der Waals surface area (Å²) < 4.78 is 0. The number of amides is 1. The van der Waals surface area contributed by atoms with Crippen molar-refractivity contribution in [2.45, 2.75) is 38.1 Å². The van der Waals surface area contributed by atoms with Gasteiger partial charge in [-0.1, -0.05) is 6.42 Å². The molecule has 0 saturated carbocycles. The van der Waals surface area contributed by atoms with Crippen molar-refractivity contribution in [3.8, 4) is 0 Å². The van der Waals surface area contributed by atoms with Gasteiger partial charge in [-0.2, -0.15) is 5.10 Å². The van der Waals surface area contributed by atoms with E-state index < -0.39 is 0 Å². The van der Waals surface area contributed by atoms with Crippen LogP contribution in [0.3, 0.4) is 0 Å². The fourth-order valence-corrected chi connectivity index (χ4v) is 2.02. The smallest absolute Gasteiger partial charge is 0.237 e. The summed E-state index contributed by atoms with van der Waals surface area (Å²) in [6, 6.07) is 0.00836. The molecule has 1 aliphatic heterocycles. The number of aryl methyl sites for hydroxylation is 1. The molecule has 0 unspecified atom stereocenters. The summed E-state index contributed by atoms with van der Waals surface area (Å²) in [6.07, 6.45) is 6.47. The third-order valence-electron chi connectivity index (χ3n) is 2.98. The summed E-state index contributed by atoms with van der Waals surface area (Å²) in [4.78, 5) is 15.8. The largest absolute Gasteiger partial charge is 0.355 e. The lowest BCUT2D eigenvalue weighted by atomic mass is 10.0. The van der Waals surface area contributed by atoms with Gasteiger partial charge in [0.25, 0.3) is 0 Å². The maximum absolute atomic E-state index is 11.8. The average Bonchev–Trinajstić information content (AvgIpc) is 2.88. The zero-order chi connectivity index (χ0) is 11.9. The number of hydrogen-bond acceptors (Lipinski definition) is 4. The number of H-pyrrole nitrogens is 1. The van der Waals surface area contributed by atoms with E-state index in [-0.39, 0.29) is 11.9 Å². The topological polar surface area (TPSA) is 82.7 Å². The Labute approximate surface area is 101 Å². The van der Waals surface area contributed by atoms with Gasteiger partial charge in [0.1, 0.15) is 12.2 Å². The van der Waals surface area contributed by atoms with Crippen molar-refractivity contribution >= 4 is 5.91 Å². The quantitative estimate of drug-likeness (QED) is 0.629. The third-order valence-corrected chi connectivity index (χ3v) is 2.98. The summed E-state index contributed by atoms with van der Waals surface area (Å²) in [5, 5.41) is 12.8. The first-order chi connectivity index (χ1) is 8.36. The summed E-state index contributed by atoms with van der Waals surface area (Å²) in [5.41, 5.74) is 0. The van der Waals surface area contributed by atoms with Crippen LogP contribution in [0.5, 0.6) is 0 Å². The normalized spacial score (nSPS) is 20.1. The number of aromatic nitrogens is 3. The van der Waals surface area contributed by atoms with E-state index in [4.69, 9.17) is 0 Å². The molecule has 0 spiro atoms. The van der Waals surface area contributed by atoms with Gasteiger partial charge in [0.15, 0.2) is 0 Å². The van der Waals surface area contributed by atoms with E-state index >= 15 is 0 Å². The molecular weight excluding hydrogens is 218 g/mol. The third kappa shape index (κ3) is 3.81. The highest BCUT2D eigenvalue weighted by atomic mass is 16.2. The molecule has 1 aliphatic rings. The average molecular weight is 237 g/mol. The van der Waals surface area contributed by atoms with Crippen LogP contribution in [-0.4, -0.2) is 40.2 Å². The molecule has 6 heteroatoms. The Bertz CT molecular complexity index is 332. The van der Waals surface area contributed by atoms with Crippen molar-refractivity contribution < 1.29 is 4.79 Å². The first-order valence-corrected chi connectivity index (χ1v) is 6.21. The predicted octanol–water partition coefficient (Wildman–Crippen LogP) is -0.00440. The standard InChI is InChI=1S/C11H19N5O/c17-11(9-4-1-2-6-12-9)13-7-3-5-10-14-8-15-16-10/h8-9,12H,1-7H2,(H,13,17)(H,14,15,16)/t9-/m0/s1. The van der Waals surface area contributed by atoms with E-state index in [0.29, 0.717) is 6.54 Å². The first-order valence-electron chi connectivity index (χ1n) is 6.21. The highest BCUT2D eigenvalue weighted by Gasteiger charge is 2.19. The SMILES string of the molecule is O=C(NCCCc1ncn[nH]1)[C@@H]1CCCCN1. The highest BCUT2D eigenvalue weighted by Crippen LogP contribution is 2.06. The van der Waals surface area contributed by atoms with Crippen LogP contribution < -0.4 is 10.6 Å². The zero-order valence-corrected chi connectivity index (χ0v) is 9.91. The van der Waals surface area contributed by atoms with Crippen LogP contribution in [0.15, 0.2) is 6.33 Å². The number of carbonyl (C=O) groups is 1. The van der Waals surface area contributed by atoms with Crippen molar-refractivity contribution in [1.29, 1.82) is 0 Å². The molecular formula is C11H19N5O. The van der Waals surface area contributed by atoms with Crippen LogP contribution in [-0.2, 0) is 11.2 Å². The number of carbonyl (C=O) groups excluding carboxylic acids is 1. The number of nitrogens with one attached hydrogen (secondary N) is 3. The molecule has 0 radical (unpaired) electrons. The lowest BCUT2D eigenvalue weighted by molar-refractivity contribution is -0.123. The Kier molecular flexibility index (Phi) is 4.49. The minimum absolute atomic E-state index is 0.00836. The Hall–Kier alpha value is -1.43.